The van der Waals surface area contributed by atoms with E-state index in [-0.39, 0.29) is 18.4 Å². The van der Waals surface area contributed by atoms with Gasteiger partial charge in [-0.1, -0.05) is 78.9 Å². The van der Waals surface area contributed by atoms with Gasteiger partial charge in [0.05, 0.1) is 18.5 Å². The van der Waals surface area contributed by atoms with Gasteiger partial charge >= 0.3 is 6.03 Å². The molecule has 0 aliphatic carbocycles. The summed E-state index contributed by atoms with van der Waals surface area (Å²) in [6.07, 6.45) is 0.0845. The van der Waals surface area contributed by atoms with E-state index in [0.29, 0.717) is 0 Å². The molecule has 0 spiro atoms. The average Bonchev–Trinajstić information content (AvgIpc) is 2.74. The van der Waals surface area contributed by atoms with Gasteiger partial charge in [0.15, 0.2) is 0 Å². The Labute approximate surface area is 177 Å². The van der Waals surface area contributed by atoms with Crippen molar-refractivity contribution in [2.45, 2.75) is 32.4 Å². The molecule has 3 amide bonds. The summed E-state index contributed by atoms with van der Waals surface area (Å²) in [6, 6.07) is 24.0. The molecule has 0 heterocycles. The molecule has 0 fully saturated rings. The Balaban J connectivity index is 1.85. The number of urea groups is 1. The van der Waals surface area contributed by atoms with Crippen molar-refractivity contribution in [2.24, 2.45) is 5.73 Å². The zero-order chi connectivity index (χ0) is 21.5. The van der Waals surface area contributed by atoms with Gasteiger partial charge in [-0.15, -0.1) is 0 Å². The predicted octanol–water partition coefficient (Wildman–Crippen LogP) is 4.31. The monoisotopic (exact) mass is 401 g/mol. The van der Waals surface area contributed by atoms with Gasteiger partial charge in [0, 0.05) is 0 Å². The average molecular weight is 402 g/mol. The van der Waals surface area contributed by atoms with Crippen LogP contribution in [0.25, 0.3) is 0 Å². The van der Waals surface area contributed by atoms with E-state index in [9.17, 15) is 9.59 Å². The quantitative estimate of drug-likeness (QED) is 0.551. The number of rotatable bonds is 7. The van der Waals surface area contributed by atoms with Crippen LogP contribution in [0.4, 0.5) is 4.79 Å². The molecule has 0 aromatic heterocycles. The maximum absolute atomic E-state index is 13.0. The summed E-state index contributed by atoms with van der Waals surface area (Å²) < 4.78 is 0. The van der Waals surface area contributed by atoms with Crippen LogP contribution < -0.4 is 16.4 Å². The number of benzene rings is 3. The SMILES string of the molecule is Cc1ccc([C@H](NC(=O)C[C@@H](NC(N)=O)c2ccccc2)c2ccccc2)cc1C. The fraction of sp³-hybridized carbons (Fsp3) is 0.200. The second-order valence-electron chi connectivity index (χ2n) is 7.43. The van der Waals surface area contributed by atoms with E-state index >= 15 is 0 Å². The van der Waals surface area contributed by atoms with E-state index in [1.54, 1.807) is 0 Å². The number of carbonyl (C=O) groups is 2. The Hall–Kier alpha value is -3.60. The van der Waals surface area contributed by atoms with E-state index in [1.807, 2.05) is 66.7 Å². The first-order valence-corrected chi connectivity index (χ1v) is 9.96. The first kappa shape index (κ1) is 21.1. The summed E-state index contributed by atoms with van der Waals surface area (Å²) in [4.78, 5) is 24.5. The van der Waals surface area contributed by atoms with Crippen LogP contribution in [0.2, 0.25) is 0 Å². The van der Waals surface area contributed by atoms with E-state index < -0.39 is 12.1 Å². The highest BCUT2D eigenvalue weighted by molar-refractivity contribution is 5.79. The molecule has 30 heavy (non-hydrogen) atoms. The molecule has 0 bridgehead atoms. The molecule has 0 saturated heterocycles. The highest BCUT2D eigenvalue weighted by atomic mass is 16.2. The van der Waals surface area contributed by atoms with Gasteiger partial charge in [-0.2, -0.15) is 0 Å². The fourth-order valence-electron chi connectivity index (χ4n) is 3.46. The largest absolute Gasteiger partial charge is 0.352 e. The molecule has 0 unspecified atom stereocenters. The first-order chi connectivity index (χ1) is 14.4. The molecular formula is C25H27N3O2. The lowest BCUT2D eigenvalue weighted by Crippen LogP contribution is -2.37. The second kappa shape index (κ2) is 9.74. The van der Waals surface area contributed by atoms with Crippen LogP contribution in [-0.4, -0.2) is 11.9 Å². The maximum Gasteiger partial charge on any atom is 0.312 e. The molecular weight excluding hydrogens is 374 g/mol. The predicted molar refractivity (Wildman–Crippen MR) is 119 cm³/mol. The van der Waals surface area contributed by atoms with Crippen molar-refractivity contribution in [3.63, 3.8) is 0 Å². The van der Waals surface area contributed by atoms with E-state index in [0.717, 1.165) is 16.7 Å². The molecule has 5 heteroatoms. The summed E-state index contributed by atoms with van der Waals surface area (Å²) in [7, 11) is 0. The van der Waals surface area contributed by atoms with Crippen LogP contribution in [0.1, 0.15) is 46.3 Å². The number of aryl methyl sites for hydroxylation is 2. The Morgan fingerprint density at radius 3 is 1.93 bits per heavy atom. The van der Waals surface area contributed by atoms with Crippen molar-refractivity contribution < 1.29 is 9.59 Å². The lowest BCUT2D eigenvalue weighted by Gasteiger charge is -2.23. The number of nitrogens with two attached hydrogens (primary N) is 1. The van der Waals surface area contributed by atoms with Gasteiger partial charge in [-0.05, 0) is 41.7 Å². The van der Waals surface area contributed by atoms with Crippen molar-refractivity contribution in [3.8, 4) is 0 Å². The number of carbonyl (C=O) groups excluding carboxylic acids is 2. The smallest absolute Gasteiger partial charge is 0.312 e. The summed E-state index contributed by atoms with van der Waals surface area (Å²) in [6.45, 7) is 4.13. The molecule has 3 rings (SSSR count). The van der Waals surface area contributed by atoms with Gasteiger partial charge in [-0.3, -0.25) is 4.79 Å². The zero-order valence-electron chi connectivity index (χ0n) is 17.3. The molecule has 154 valence electrons. The summed E-state index contributed by atoms with van der Waals surface area (Å²) in [5.41, 5.74) is 10.5. The third-order valence-electron chi connectivity index (χ3n) is 5.21. The van der Waals surface area contributed by atoms with E-state index in [1.165, 1.54) is 11.1 Å². The molecule has 0 aliphatic rings. The summed E-state index contributed by atoms with van der Waals surface area (Å²) in [5, 5.41) is 5.81. The Morgan fingerprint density at radius 1 is 0.767 bits per heavy atom. The molecule has 3 aromatic rings. The second-order valence-corrected chi connectivity index (χ2v) is 7.43. The van der Waals surface area contributed by atoms with Crippen LogP contribution in [0.5, 0.6) is 0 Å². The van der Waals surface area contributed by atoms with Crippen molar-refractivity contribution in [3.05, 3.63) is 107 Å². The molecule has 5 nitrogen and oxygen atoms in total. The Bertz CT molecular complexity index is 1000. The Kier molecular flexibility index (Phi) is 6.86. The van der Waals surface area contributed by atoms with Crippen LogP contribution in [0.3, 0.4) is 0 Å². The van der Waals surface area contributed by atoms with Gasteiger partial charge in [-0.25, -0.2) is 4.79 Å². The third kappa shape index (κ3) is 5.47. The minimum Gasteiger partial charge on any atom is -0.352 e. The van der Waals surface area contributed by atoms with Crippen molar-refractivity contribution in [1.82, 2.24) is 10.6 Å². The number of nitrogens with one attached hydrogen (secondary N) is 2. The number of primary amides is 1. The maximum atomic E-state index is 13.0. The topological polar surface area (TPSA) is 84.2 Å². The van der Waals surface area contributed by atoms with Gasteiger partial charge < -0.3 is 16.4 Å². The first-order valence-electron chi connectivity index (χ1n) is 9.96. The standard InChI is InChI=1S/C25H27N3O2/c1-17-13-14-21(15-18(17)2)24(20-11-7-4-8-12-20)28-23(29)16-22(27-25(26)30)19-9-5-3-6-10-19/h3-15,22,24H,16H2,1-2H3,(H,28,29)(H3,26,27,30)/t22-,24-/m1/s1. The number of hydrogen-bond acceptors (Lipinski definition) is 2. The minimum absolute atomic E-state index is 0.0845. The third-order valence-corrected chi connectivity index (χ3v) is 5.21. The zero-order valence-corrected chi connectivity index (χ0v) is 17.3. The molecule has 0 saturated carbocycles. The van der Waals surface area contributed by atoms with Gasteiger partial charge in [0.2, 0.25) is 5.91 Å². The summed E-state index contributed by atoms with van der Waals surface area (Å²) >= 11 is 0. The minimum atomic E-state index is -0.662. The highest BCUT2D eigenvalue weighted by Crippen LogP contribution is 2.25. The Morgan fingerprint density at radius 2 is 1.37 bits per heavy atom. The van der Waals surface area contributed by atoms with Crippen LogP contribution >= 0.6 is 0 Å². The lowest BCUT2D eigenvalue weighted by molar-refractivity contribution is -0.122. The van der Waals surface area contributed by atoms with Crippen molar-refractivity contribution >= 4 is 11.9 Å². The highest BCUT2D eigenvalue weighted by Gasteiger charge is 2.22. The lowest BCUT2D eigenvalue weighted by atomic mass is 9.95. The van der Waals surface area contributed by atoms with E-state index in [2.05, 4.69) is 36.6 Å². The molecule has 4 N–H and O–H groups in total. The molecule has 2 atom stereocenters. The van der Waals surface area contributed by atoms with Crippen molar-refractivity contribution in [2.75, 3.05) is 0 Å². The molecule has 0 radical (unpaired) electrons. The normalized spacial score (nSPS) is 12.6. The fourth-order valence-corrected chi connectivity index (χ4v) is 3.46. The molecule has 3 aromatic carbocycles. The molecule has 0 aliphatic heterocycles. The number of hydrogen-bond donors (Lipinski definition) is 3. The summed E-state index contributed by atoms with van der Waals surface area (Å²) in [5.74, 6) is -0.176. The van der Waals surface area contributed by atoms with Gasteiger partial charge in [0.1, 0.15) is 0 Å². The van der Waals surface area contributed by atoms with Gasteiger partial charge in [0.25, 0.3) is 0 Å². The number of amides is 3. The van der Waals surface area contributed by atoms with Crippen molar-refractivity contribution in [1.29, 1.82) is 0 Å². The van der Waals surface area contributed by atoms with E-state index in [4.69, 9.17) is 5.73 Å². The van der Waals surface area contributed by atoms with Crippen LogP contribution in [-0.2, 0) is 4.79 Å². The van der Waals surface area contributed by atoms with Crippen LogP contribution in [0.15, 0.2) is 78.9 Å². The van der Waals surface area contributed by atoms with Crippen LogP contribution in [0, 0.1) is 13.8 Å².